The predicted octanol–water partition coefficient (Wildman–Crippen LogP) is 11.7. The number of hydrogen-bond donors (Lipinski definition) is 7. The number of aliphatic hydroxyl groups is 6. The number of carbonyl (C=O) groups is 1. The summed E-state index contributed by atoms with van der Waals surface area (Å²) in [5, 5.41) is 65.1. The van der Waals surface area contributed by atoms with E-state index in [0.29, 0.717) is 6.42 Å². The highest BCUT2D eigenvalue weighted by Crippen LogP contribution is 2.23. The molecule has 376 valence electrons. The first-order valence-electron chi connectivity index (χ1n) is 27.3. The highest BCUT2D eigenvalue weighted by atomic mass is 16.7. The second-order valence-electron chi connectivity index (χ2n) is 19.5. The number of rotatable bonds is 47. The van der Waals surface area contributed by atoms with Crippen molar-refractivity contribution in [3.05, 3.63) is 0 Å². The van der Waals surface area contributed by atoms with Gasteiger partial charge in [0.05, 0.1) is 25.4 Å². The molecule has 0 aromatic rings. The molecule has 0 radical (unpaired) electrons. The van der Waals surface area contributed by atoms with E-state index in [1.807, 2.05) is 0 Å². The van der Waals surface area contributed by atoms with Gasteiger partial charge in [0, 0.05) is 6.42 Å². The lowest BCUT2D eigenvalue weighted by atomic mass is 9.98. The minimum Gasteiger partial charge on any atom is -0.394 e. The Labute approximate surface area is 387 Å². The van der Waals surface area contributed by atoms with Crippen LogP contribution in [0.2, 0.25) is 0 Å². The number of nitrogens with one attached hydrogen (secondary N) is 1. The van der Waals surface area contributed by atoms with Gasteiger partial charge >= 0.3 is 0 Å². The summed E-state index contributed by atoms with van der Waals surface area (Å²) in [6.45, 7) is 3.60. The molecule has 0 aromatic carbocycles. The second kappa shape index (κ2) is 43.7. The lowest BCUT2D eigenvalue weighted by Crippen LogP contribution is -2.60. The molecule has 2 unspecified atom stereocenters. The molecule has 1 fully saturated rings. The highest BCUT2D eigenvalue weighted by molar-refractivity contribution is 5.76. The zero-order chi connectivity index (χ0) is 46.0. The molecule has 10 nitrogen and oxygen atoms in total. The Morgan fingerprint density at radius 1 is 0.492 bits per heavy atom. The molecule has 0 spiro atoms. The van der Waals surface area contributed by atoms with Crippen molar-refractivity contribution in [1.82, 2.24) is 5.32 Å². The van der Waals surface area contributed by atoms with E-state index in [9.17, 15) is 35.4 Å². The zero-order valence-electron chi connectivity index (χ0n) is 41.2. The van der Waals surface area contributed by atoms with Crippen LogP contribution in [0.15, 0.2) is 0 Å². The van der Waals surface area contributed by atoms with E-state index in [0.717, 1.165) is 44.9 Å². The number of ether oxygens (including phenoxy) is 2. The molecular formula is C53H105NO9. The van der Waals surface area contributed by atoms with Crippen LogP contribution in [0.5, 0.6) is 0 Å². The highest BCUT2D eigenvalue weighted by Gasteiger charge is 2.44. The Kier molecular flexibility index (Phi) is 41.7. The standard InChI is InChI=1S/C53H105NO9/c1-3-5-7-9-11-13-14-15-16-17-18-19-20-21-22-23-24-25-26-27-28-29-30-31-32-33-34-36-38-40-42-48(57)54-45(44-62-53-52(61)51(60)50(59)47(43-55)63-53)49(58)46(56)41-39-37-35-12-10-8-6-4-2/h45-47,49-53,55-56,58-61H,3-44H2,1-2H3,(H,54,57)/t45-,46+,47+,49-,50+,51?,52?,53+/m0/s1. The van der Waals surface area contributed by atoms with Crippen molar-refractivity contribution < 1.29 is 44.9 Å². The van der Waals surface area contributed by atoms with Gasteiger partial charge in [0.2, 0.25) is 5.91 Å². The molecule has 10 heteroatoms. The van der Waals surface area contributed by atoms with E-state index >= 15 is 0 Å². The van der Waals surface area contributed by atoms with Crippen LogP contribution in [-0.2, 0) is 14.3 Å². The van der Waals surface area contributed by atoms with Crippen molar-refractivity contribution in [1.29, 1.82) is 0 Å². The number of carbonyl (C=O) groups excluding carboxylic acids is 1. The molecular weight excluding hydrogens is 795 g/mol. The molecule has 1 saturated heterocycles. The van der Waals surface area contributed by atoms with Crippen molar-refractivity contribution in [2.24, 2.45) is 0 Å². The third-order valence-corrected chi connectivity index (χ3v) is 13.6. The van der Waals surface area contributed by atoms with Crippen LogP contribution in [0.1, 0.15) is 271 Å². The Hall–Kier alpha value is -0.850. The van der Waals surface area contributed by atoms with Crippen molar-refractivity contribution in [2.45, 2.75) is 320 Å². The van der Waals surface area contributed by atoms with Crippen molar-refractivity contribution in [2.75, 3.05) is 13.2 Å². The van der Waals surface area contributed by atoms with Crippen molar-refractivity contribution in [3.63, 3.8) is 0 Å². The summed E-state index contributed by atoms with van der Waals surface area (Å²) >= 11 is 0. The van der Waals surface area contributed by atoms with E-state index in [2.05, 4.69) is 19.2 Å². The fourth-order valence-corrected chi connectivity index (χ4v) is 9.14. The quantitative estimate of drug-likeness (QED) is 0.0294. The minimum absolute atomic E-state index is 0.254. The van der Waals surface area contributed by atoms with Crippen LogP contribution in [0.4, 0.5) is 0 Å². The Morgan fingerprint density at radius 3 is 1.17 bits per heavy atom. The van der Waals surface area contributed by atoms with E-state index in [1.165, 1.54) is 199 Å². The van der Waals surface area contributed by atoms with Gasteiger partial charge in [-0.15, -0.1) is 0 Å². The van der Waals surface area contributed by atoms with E-state index in [-0.39, 0.29) is 18.9 Å². The van der Waals surface area contributed by atoms with Crippen LogP contribution in [0.3, 0.4) is 0 Å². The van der Waals surface area contributed by atoms with E-state index < -0.39 is 55.6 Å². The summed E-state index contributed by atoms with van der Waals surface area (Å²) in [6.07, 6.45) is 40.2. The molecule has 1 heterocycles. The summed E-state index contributed by atoms with van der Waals surface area (Å²) in [6, 6.07) is -0.984. The van der Waals surface area contributed by atoms with Crippen molar-refractivity contribution >= 4 is 5.91 Å². The van der Waals surface area contributed by atoms with Crippen LogP contribution in [-0.4, -0.2) is 98.7 Å². The first-order valence-corrected chi connectivity index (χ1v) is 27.3. The predicted molar refractivity (Wildman–Crippen MR) is 260 cm³/mol. The average molecular weight is 900 g/mol. The molecule has 1 amide bonds. The number of unbranched alkanes of at least 4 members (excludes halogenated alkanes) is 36. The fraction of sp³-hybridized carbons (Fsp3) is 0.981. The maximum Gasteiger partial charge on any atom is 0.220 e. The normalized spacial score (nSPS) is 20.5. The third kappa shape index (κ3) is 33.3. The largest absolute Gasteiger partial charge is 0.394 e. The number of hydrogen-bond acceptors (Lipinski definition) is 9. The molecule has 0 aromatic heterocycles. The number of amides is 1. The topological polar surface area (TPSA) is 169 Å². The smallest absolute Gasteiger partial charge is 0.220 e. The van der Waals surface area contributed by atoms with Crippen LogP contribution < -0.4 is 5.32 Å². The molecule has 1 aliphatic heterocycles. The average Bonchev–Trinajstić information content (AvgIpc) is 3.28. The molecule has 1 rings (SSSR count). The molecule has 63 heavy (non-hydrogen) atoms. The maximum atomic E-state index is 13.0. The fourth-order valence-electron chi connectivity index (χ4n) is 9.14. The third-order valence-electron chi connectivity index (χ3n) is 13.6. The molecule has 8 atom stereocenters. The van der Waals surface area contributed by atoms with Gasteiger partial charge < -0.3 is 45.4 Å². The van der Waals surface area contributed by atoms with Gasteiger partial charge in [-0.3, -0.25) is 4.79 Å². The van der Waals surface area contributed by atoms with Gasteiger partial charge in [0.1, 0.15) is 30.5 Å². The molecule has 0 bridgehead atoms. The van der Waals surface area contributed by atoms with Crippen molar-refractivity contribution in [3.8, 4) is 0 Å². The summed E-state index contributed by atoms with van der Waals surface area (Å²) in [4.78, 5) is 13.0. The van der Waals surface area contributed by atoms with E-state index in [1.54, 1.807) is 0 Å². The maximum absolute atomic E-state index is 13.0. The second-order valence-corrected chi connectivity index (χ2v) is 19.5. The lowest BCUT2D eigenvalue weighted by Gasteiger charge is -2.40. The van der Waals surface area contributed by atoms with Gasteiger partial charge in [0.25, 0.3) is 0 Å². The van der Waals surface area contributed by atoms with Gasteiger partial charge in [-0.1, -0.05) is 251 Å². The summed E-state index contributed by atoms with van der Waals surface area (Å²) in [7, 11) is 0. The van der Waals surface area contributed by atoms with Gasteiger partial charge in [0.15, 0.2) is 6.29 Å². The van der Waals surface area contributed by atoms with Crippen LogP contribution in [0, 0.1) is 0 Å². The zero-order valence-corrected chi connectivity index (χ0v) is 41.2. The number of aliphatic hydroxyl groups excluding tert-OH is 6. The van der Waals surface area contributed by atoms with Crippen LogP contribution >= 0.6 is 0 Å². The van der Waals surface area contributed by atoms with Crippen LogP contribution in [0.25, 0.3) is 0 Å². The summed E-state index contributed by atoms with van der Waals surface area (Å²) in [5.74, 6) is -0.254. The minimum atomic E-state index is -1.60. The Morgan fingerprint density at radius 2 is 0.825 bits per heavy atom. The molecule has 0 aliphatic carbocycles. The monoisotopic (exact) mass is 900 g/mol. The first kappa shape index (κ1) is 60.2. The van der Waals surface area contributed by atoms with Gasteiger partial charge in [-0.25, -0.2) is 0 Å². The lowest BCUT2D eigenvalue weighted by molar-refractivity contribution is -0.303. The molecule has 0 saturated carbocycles. The van der Waals surface area contributed by atoms with Gasteiger partial charge in [-0.2, -0.15) is 0 Å². The summed E-state index contributed by atoms with van der Waals surface area (Å²) in [5.41, 5.74) is 0. The Bertz CT molecular complexity index is 973. The van der Waals surface area contributed by atoms with E-state index in [4.69, 9.17) is 9.47 Å². The molecule has 1 aliphatic rings. The SMILES string of the molecule is CCCCCCCCCCCCCCCCCCCCCCCCCCCCCCCCC(=O)N[C@@H](CO[C@@H]1O[C@H](CO)[C@@H](O)C(O)C1O)[C@H](O)[C@H](O)CCCCCCCCCC. The first-order chi connectivity index (χ1) is 30.8. The Balaban J connectivity index is 2.11. The summed E-state index contributed by atoms with van der Waals surface area (Å²) < 4.78 is 11.2. The molecule has 7 N–H and O–H groups in total. The van der Waals surface area contributed by atoms with Gasteiger partial charge in [-0.05, 0) is 12.8 Å².